The zero-order chi connectivity index (χ0) is 10.7. The third kappa shape index (κ3) is 2.13. The molecule has 0 spiro atoms. The Labute approximate surface area is 93.9 Å². The van der Waals surface area contributed by atoms with Crippen LogP contribution in [0.3, 0.4) is 0 Å². The maximum atomic E-state index is 5.47. The Hall–Kier alpha value is -1.06. The summed E-state index contributed by atoms with van der Waals surface area (Å²) >= 11 is 1.77. The summed E-state index contributed by atoms with van der Waals surface area (Å²) in [6.45, 7) is 5.19. The third-order valence-corrected chi connectivity index (χ3v) is 3.31. The number of aryl methyl sites for hydroxylation is 1. The minimum Gasteiger partial charge on any atom is -0.467 e. The summed E-state index contributed by atoms with van der Waals surface area (Å²) in [6, 6.07) is 6.30. The molecule has 2 heterocycles. The largest absolute Gasteiger partial charge is 0.467 e. The van der Waals surface area contributed by atoms with Crippen molar-refractivity contribution >= 4 is 11.3 Å². The van der Waals surface area contributed by atoms with Gasteiger partial charge in [0, 0.05) is 4.88 Å². The van der Waals surface area contributed by atoms with Crippen LogP contribution in [0.25, 0.3) is 0 Å². The molecule has 0 aliphatic heterocycles. The van der Waals surface area contributed by atoms with Gasteiger partial charge in [-0.3, -0.25) is 0 Å². The average molecular weight is 221 g/mol. The zero-order valence-corrected chi connectivity index (χ0v) is 9.80. The molecule has 0 aromatic carbocycles. The Bertz CT molecular complexity index is 405. The molecule has 1 N–H and O–H groups in total. The minimum absolute atomic E-state index is 0.191. The molecule has 3 heteroatoms. The van der Waals surface area contributed by atoms with Crippen LogP contribution in [0.4, 0.5) is 0 Å². The van der Waals surface area contributed by atoms with E-state index in [4.69, 9.17) is 4.42 Å². The molecule has 0 fully saturated rings. The second-order valence-corrected chi connectivity index (χ2v) is 4.56. The topological polar surface area (TPSA) is 25.2 Å². The van der Waals surface area contributed by atoms with E-state index >= 15 is 0 Å². The van der Waals surface area contributed by atoms with Crippen molar-refractivity contribution in [1.29, 1.82) is 0 Å². The molecule has 2 rings (SSSR count). The SMILES string of the molecule is CCNC(c1ccco1)c1ccsc1C. The summed E-state index contributed by atoms with van der Waals surface area (Å²) in [7, 11) is 0. The second kappa shape index (κ2) is 4.64. The first-order chi connectivity index (χ1) is 7.33. The van der Waals surface area contributed by atoms with Crippen LogP contribution in [0.5, 0.6) is 0 Å². The second-order valence-electron chi connectivity index (χ2n) is 3.44. The van der Waals surface area contributed by atoms with Gasteiger partial charge >= 0.3 is 0 Å². The van der Waals surface area contributed by atoms with Crippen LogP contribution in [-0.2, 0) is 0 Å². The van der Waals surface area contributed by atoms with Crippen LogP contribution in [0.1, 0.15) is 29.2 Å². The van der Waals surface area contributed by atoms with Crippen LogP contribution >= 0.6 is 11.3 Å². The first-order valence-corrected chi connectivity index (χ1v) is 6.01. The number of rotatable bonds is 4. The lowest BCUT2D eigenvalue weighted by Gasteiger charge is -2.15. The van der Waals surface area contributed by atoms with Gasteiger partial charge < -0.3 is 9.73 Å². The maximum Gasteiger partial charge on any atom is 0.125 e. The van der Waals surface area contributed by atoms with Gasteiger partial charge in [-0.25, -0.2) is 0 Å². The summed E-state index contributed by atoms with van der Waals surface area (Å²) < 4.78 is 5.47. The third-order valence-electron chi connectivity index (χ3n) is 2.45. The Morgan fingerprint density at radius 2 is 2.33 bits per heavy atom. The van der Waals surface area contributed by atoms with Gasteiger partial charge in [-0.05, 0) is 42.6 Å². The van der Waals surface area contributed by atoms with Crippen molar-refractivity contribution in [3.63, 3.8) is 0 Å². The normalized spacial score (nSPS) is 12.9. The molecule has 0 saturated carbocycles. The van der Waals surface area contributed by atoms with E-state index in [9.17, 15) is 0 Å². The predicted octanol–water partition coefficient (Wildman–Crippen LogP) is 3.35. The van der Waals surface area contributed by atoms with Gasteiger partial charge in [0.15, 0.2) is 0 Å². The van der Waals surface area contributed by atoms with Crippen LogP contribution in [-0.4, -0.2) is 6.54 Å². The summed E-state index contributed by atoms with van der Waals surface area (Å²) in [4.78, 5) is 1.34. The molecule has 0 amide bonds. The fraction of sp³-hybridized carbons (Fsp3) is 0.333. The number of nitrogens with one attached hydrogen (secondary N) is 1. The van der Waals surface area contributed by atoms with E-state index in [-0.39, 0.29) is 6.04 Å². The monoisotopic (exact) mass is 221 g/mol. The van der Waals surface area contributed by atoms with Gasteiger partial charge in [-0.15, -0.1) is 11.3 Å². The fourth-order valence-corrected chi connectivity index (χ4v) is 2.46. The van der Waals surface area contributed by atoms with Gasteiger partial charge in [0.1, 0.15) is 5.76 Å². The van der Waals surface area contributed by atoms with Crippen LogP contribution in [0.15, 0.2) is 34.3 Å². The van der Waals surface area contributed by atoms with Crippen LogP contribution in [0, 0.1) is 6.92 Å². The maximum absolute atomic E-state index is 5.47. The predicted molar refractivity (Wildman–Crippen MR) is 63.3 cm³/mol. The minimum atomic E-state index is 0.191. The molecule has 1 atom stereocenters. The molecule has 2 aromatic rings. The molecule has 80 valence electrons. The smallest absolute Gasteiger partial charge is 0.125 e. The highest BCUT2D eigenvalue weighted by atomic mass is 32.1. The van der Waals surface area contributed by atoms with Gasteiger partial charge in [-0.2, -0.15) is 0 Å². The highest BCUT2D eigenvalue weighted by Gasteiger charge is 2.17. The van der Waals surface area contributed by atoms with Crippen molar-refractivity contribution in [2.75, 3.05) is 6.54 Å². The average Bonchev–Trinajstić information content (AvgIpc) is 2.85. The summed E-state index contributed by atoms with van der Waals surface area (Å²) in [5.41, 5.74) is 1.32. The molecular weight excluding hydrogens is 206 g/mol. The van der Waals surface area contributed by atoms with E-state index in [0.29, 0.717) is 0 Å². The number of furan rings is 1. The summed E-state index contributed by atoms with van der Waals surface area (Å²) in [5, 5.41) is 5.56. The molecule has 2 nitrogen and oxygen atoms in total. The summed E-state index contributed by atoms with van der Waals surface area (Å²) in [5.74, 6) is 0.985. The first kappa shape index (κ1) is 10.5. The van der Waals surface area contributed by atoms with Crippen molar-refractivity contribution in [3.8, 4) is 0 Å². The Morgan fingerprint density at radius 1 is 1.47 bits per heavy atom. The standard InChI is InChI=1S/C12H15NOS/c1-3-13-12(11-5-4-7-14-11)10-6-8-15-9(10)2/h4-8,12-13H,3H2,1-2H3. The highest BCUT2D eigenvalue weighted by molar-refractivity contribution is 7.10. The molecule has 0 aliphatic rings. The molecule has 15 heavy (non-hydrogen) atoms. The van der Waals surface area contributed by atoms with Crippen molar-refractivity contribution in [2.45, 2.75) is 19.9 Å². The van der Waals surface area contributed by atoms with Crippen molar-refractivity contribution in [1.82, 2.24) is 5.32 Å². The van der Waals surface area contributed by atoms with Gasteiger partial charge in [0.2, 0.25) is 0 Å². The van der Waals surface area contributed by atoms with E-state index < -0.39 is 0 Å². The molecule has 0 saturated heterocycles. The number of thiophene rings is 1. The highest BCUT2D eigenvalue weighted by Crippen LogP contribution is 2.28. The fourth-order valence-electron chi connectivity index (χ4n) is 1.72. The zero-order valence-electron chi connectivity index (χ0n) is 8.99. The van der Waals surface area contributed by atoms with E-state index in [1.54, 1.807) is 17.6 Å². The van der Waals surface area contributed by atoms with E-state index in [1.807, 2.05) is 12.1 Å². The van der Waals surface area contributed by atoms with Gasteiger partial charge in [-0.1, -0.05) is 6.92 Å². The summed E-state index contributed by atoms with van der Waals surface area (Å²) in [6.07, 6.45) is 1.72. The number of hydrogen-bond acceptors (Lipinski definition) is 3. The van der Waals surface area contributed by atoms with Gasteiger partial charge in [0.05, 0.1) is 12.3 Å². The lowest BCUT2D eigenvalue weighted by Crippen LogP contribution is -2.21. The molecule has 1 unspecified atom stereocenters. The quantitative estimate of drug-likeness (QED) is 0.856. The first-order valence-electron chi connectivity index (χ1n) is 5.13. The Balaban J connectivity index is 2.32. The molecule has 0 aliphatic carbocycles. The van der Waals surface area contributed by atoms with E-state index in [2.05, 4.69) is 30.6 Å². The number of hydrogen-bond donors (Lipinski definition) is 1. The van der Waals surface area contributed by atoms with Crippen molar-refractivity contribution in [3.05, 3.63) is 46.0 Å². The molecule has 0 bridgehead atoms. The molecular formula is C12H15NOS. The molecule has 2 aromatic heterocycles. The van der Waals surface area contributed by atoms with Crippen LogP contribution in [0.2, 0.25) is 0 Å². The molecule has 0 radical (unpaired) electrons. The van der Waals surface area contributed by atoms with Gasteiger partial charge in [0.25, 0.3) is 0 Å². The van der Waals surface area contributed by atoms with E-state index in [1.165, 1.54) is 10.4 Å². The van der Waals surface area contributed by atoms with Crippen LogP contribution < -0.4 is 5.32 Å². The van der Waals surface area contributed by atoms with E-state index in [0.717, 1.165) is 12.3 Å². The lowest BCUT2D eigenvalue weighted by molar-refractivity contribution is 0.452. The van der Waals surface area contributed by atoms with Crippen molar-refractivity contribution < 1.29 is 4.42 Å². The Morgan fingerprint density at radius 3 is 2.87 bits per heavy atom. The van der Waals surface area contributed by atoms with Crippen molar-refractivity contribution in [2.24, 2.45) is 0 Å². The Kier molecular flexibility index (Phi) is 3.23. The lowest BCUT2D eigenvalue weighted by atomic mass is 10.1.